The summed E-state index contributed by atoms with van der Waals surface area (Å²) in [5.41, 5.74) is 5.09. The lowest BCUT2D eigenvalue weighted by Gasteiger charge is -2.02. The van der Waals surface area contributed by atoms with Gasteiger partial charge in [0.25, 0.3) is 0 Å². The van der Waals surface area contributed by atoms with Crippen molar-refractivity contribution in [1.82, 2.24) is 9.97 Å². The van der Waals surface area contributed by atoms with Gasteiger partial charge < -0.3 is 14.5 Å². The fourth-order valence-electron chi connectivity index (χ4n) is 3.17. The van der Waals surface area contributed by atoms with Crippen LogP contribution >= 0.6 is 0 Å². The molecule has 0 radical (unpaired) electrons. The first kappa shape index (κ1) is 14.8. The molecule has 1 aliphatic heterocycles. The molecule has 0 aliphatic carbocycles. The van der Waals surface area contributed by atoms with E-state index in [1.54, 1.807) is 0 Å². The van der Waals surface area contributed by atoms with Gasteiger partial charge in [0, 0.05) is 16.7 Å². The van der Waals surface area contributed by atoms with E-state index in [-0.39, 0.29) is 6.79 Å². The minimum absolute atomic E-state index is 0.265. The average molecular weight is 340 g/mol. The highest BCUT2D eigenvalue weighted by atomic mass is 16.7. The number of nitrogens with zero attached hydrogens (tertiary/aromatic N) is 1. The third-order valence-electron chi connectivity index (χ3n) is 4.46. The summed E-state index contributed by atoms with van der Waals surface area (Å²) in [4.78, 5) is 8.40. The molecule has 2 heterocycles. The summed E-state index contributed by atoms with van der Waals surface area (Å²) in [6, 6.07) is 26.3. The van der Waals surface area contributed by atoms with E-state index in [1.807, 2.05) is 54.6 Å². The Balaban J connectivity index is 1.67. The molecule has 26 heavy (non-hydrogen) atoms. The summed E-state index contributed by atoms with van der Waals surface area (Å²) in [5.74, 6) is 2.33. The zero-order valence-electron chi connectivity index (χ0n) is 14.0. The molecule has 0 spiro atoms. The van der Waals surface area contributed by atoms with Gasteiger partial charge in [-0.25, -0.2) is 4.98 Å². The summed E-state index contributed by atoms with van der Waals surface area (Å²) in [6.45, 7) is 0.265. The minimum Gasteiger partial charge on any atom is -0.454 e. The van der Waals surface area contributed by atoms with Gasteiger partial charge in [0.15, 0.2) is 11.5 Å². The molecule has 4 nitrogen and oxygen atoms in total. The zero-order chi connectivity index (χ0) is 17.3. The molecule has 0 saturated carbocycles. The molecule has 4 aromatic rings. The van der Waals surface area contributed by atoms with Crippen LogP contribution in [0.2, 0.25) is 0 Å². The van der Waals surface area contributed by atoms with Crippen LogP contribution in [0.1, 0.15) is 0 Å². The Morgan fingerprint density at radius 3 is 2.15 bits per heavy atom. The summed E-state index contributed by atoms with van der Waals surface area (Å²) >= 11 is 0. The van der Waals surface area contributed by atoms with Crippen molar-refractivity contribution in [2.24, 2.45) is 0 Å². The number of fused-ring (bicyclic) bond motifs is 1. The molecule has 1 aromatic heterocycles. The maximum atomic E-state index is 5.50. The second-order valence-corrected chi connectivity index (χ2v) is 6.11. The van der Waals surface area contributed by atoms with Gasteiger partial charge in [0.1, 0.15) is 5.82 Å². The molecule has 1 N–H and O–H groups in total. The van der Waals surface area contributed by atoms with E-state index in [0.29, 0.717) is 0 Å². The summed E-state index contributed by atoms with van der Waals surface area (Å²) in [5, 5.41) is 0. The normalized spacial score (nSPS) is 12.3. The first-order valence-electron chi connectivity index (χ1n) is 8.49. The van der Waals surface area contributed by atoms with Crippen molar-refractivity contribution in [3.63, 3.8) is 0 Å². The van der Waals surface area contributed by atoms with Crippen LogP contribution in [0, 0.1) is 0 Å². The molecule has 1 aliphatic rings. The molecule has 3 aromatic carbocycles. The Morgan fingerprint density at radius 2 is 1.38 bits per heavy atom. The van der Waals surface area contributed by atoms with Crippen LogP contribution in [-0.2, 0) is 0 Å². The number of hydrogen-bond acceptors (Lipinski definition) is 3. The summed E-state index contributed by atoms with van der Waals surface area (Å²) in [7, 11) is 0. The lowest BCUT2D eigenvalue weighted by molar-refractivity contribution is 0.174. The Bertz CT molecular complexity index is 999. The van der Waals surface area contributed by atoms with Crippen LogP contribution in [0.4, 0.5) is 0 Å². The Kier molecular flexibility index (Phi) is 3.46. The lowest BCUT2D eigenvalue weighted by Crippen LogP contribution is -1.92. The van der Waals surface area contributed by atoms with Gasteiger partial charge in [-0.05, 0) is 18.2 Å². The molecular weight excluding hydrogens is 324 g/mol. The second-order valence-electron chi connectivity index (χ2n) is 6.11. The predicted octanol–water partition coefficient (Wildman–Crippen LogP) is 5.14. The van der Waals surface area contributed by atoms with Gasteiger partial charge >= 0.3 is 0 Å². The van der Waals surface area contributed by atoms with Gasteiger partial charge in [-0.3, -0.25) is 0 Å². The number of aromatic nitrogens is 2. The standard InChI is InChI=1S/C22H16N2O2/c1-3-7-15(8-4-1)20-21(16-9-5-2-6-10-16)24-22(23-20)17-11-12-18-19(13-17)26-14-25-18/h1-13H,14H2,(H,23,24). The first-order valence-corrected chi connectivity index (χ1v) is 8.49. The smallest absolute Gasteiger partial charge is 0.231 e. The second kappa shape index (κ2) is 6.08. The van der Waals surface area contributed by atoms with E-state index in [0.717, 1.165) is 45.4 Å². The monoisotopic (exact) mass is 340 g/mol. The number of imidazole rings is 1. The molecule has 0 amide bonds. The predicted molar refractivity (Wildman–Crippen MR) is 101 cm³/mol. The molecule has 0 unspecified atom stereocenters. The Hall–Kier alpha value is -3.53. The van der Waals surface area contributed by atoms with Gasteiger partial charge in [-0.1, -0.05) is 60.7 Å². The molecule has 4 heteroatoms. The number of rotatable bonds is 3. The molecule has 126 valence electrons. The lowest BCUT2D eigenvalue weighted by atomic mass is 10.1. The minimum atomic E-state index is 0.265. The van der Waals surface area contributed by atoms with Crippen molar-refractivity contribution in [2.75, 3.05) is 6.79 Å². The fourth-order valence-corrected chi connectivity index (χ4v) is 3.17. The largest absolute Gasteiger partial charge is 0.454 e. The van der Waals surface area contributed by atoms with E-state index >= 15 is 0 Å². The highest BCUT2D eigenvalue weighted by Crippen LogP contribution is 2.37. The summed E-state index contributed by atoms with van der Waals surface area (Å²) in [6.07, 6.45) is 0. The number of hydrogen-bond donors (Lipinski definition) is 1. The van der Waals surface area contributed by atoms with Crippen molar-refractivity contribution < 1.29 is 9.47 Å². The van der Waals surface area contributed by atoms with Crippen molar-refractivity contribution in [1.29, 1.82) is 0 Å². The van der Waals surface area contributed by atoms with Gasteiger partial charge in [0.05, 0.1) is 11.4 Å². The van der Waals surface area contributed by atoms with E-state index in [9.17, 15) is 0 Å². The van der Waals surface area contributed by atoms with E-state index < -0.39 is 0 Å². The van der Waals surface area contributed by atoms with Crippen molar-refractivity contribution in [3.8, 4) is 45.4 Å². The summed E-state index contributed by atoms with van der Waals surface area (Å²) < 4.78 is 10.9. The molecule has 5 rings (SSSR count). The molecule has 0 fully saturated rings. The van der Waals surface area contributed by atoms with Crippen LogP contribution in [0.3, 0.4) is 0 Å². The third kappa shape index (κ3) is 2.52. The number of ether oxygens (including phenoxy) is 2. The topological polar surface area (TPSA) is 47.1 Å². The number of nitrogens with one attached hydrogen (secondary N) is 1. The van der Waals surface area contributed by atoms with Gasteiger partial charge in [-0.15, -0.1) is 0 Å². The highest BCUT2D eigenvalue weighted by Gasteiger charge is 2.18. The van der Waals surface area contributed by atoms with Crippen molar-refractivity contribution in [2.45, 2.75) is 0 Å². The highest BCUT2D eigenvalue weighted by molar-refractivity contribution is 5.81. The van der Waals surface area contributed by atoms with E-state index in [2.05, 4.69) is 29.2 Å². The van der Waals surface area contributed by atoms with Crippen LogP contribution in [-0.4, -0.2) is 16.8 Å². The maximum Gasteiger partial charge on any atom is 0.231 e. The van der Waals surface area contributed by atoms with Crippen molar-refractivity contribution in [3.05, 3.63) is 78.9 Å². The average Bonchev–Trinajstić information content (AvgIpc) is 3.36. The Morgan fingerprint density at radius 1 is 0.692 bits per heavy atom. The molecule has 0 atom stereocenters. The van der Waals surface area contributed by atoms with Gasteiger partial charge in [0.2, 0.25) is 6.79 Å². The third-order valence-corrected chi connectivity index (χ3v) is 4.46. The van der Waals surface area contributed by atoms with Gasteiger partial charge in [-0.2, -0.15) is 0 Å². The van der Waals surface area contributed by atoms with E-state index in [1.165, 1.54) is 0 Å². The number of benzene rings is 3. The van der Waals surface area contributed by atoms with E-state index in [4.69, 9.17) is 14.5 Å². The molecule has 0 bridgehead atoms. The Labute approximate surface area is 151 Å². The van der Waals surface area contributed by atoms with Crippen LogP contribution < -0.4 is 9.47 Å². The SMILES string of the molecule is c1ccc(-c2nc(-c3ccc4c(c3)OCO4)[nH]c2-c2ccccc2)cc1. The fraction of sp³-hybridized carbons (Fsp3) is 0.0455. The molecule has 0 saturated heterocycles. The first-order chi connectivity index (χ1) is 12.9. The number of aromatic amines is 1. The van der Waals surface area contributed by atoms with Crippen LogP contribution in [0.15, 0.2) is 78.9 Å². The quantitative estimate of drug-likeness (QED) is 0.562. The van der Waals surface area contributed by atoms with Crippen LogP contribution in [0.5, 0.6) is 11.5 Å². The maximum absolute atomic E-state index is 5.50. The molecular formula is C22H16N2O2. The van der Waals surface area contributed by atoms with Crippen molar-refractivity contribution >= 4 is 0 Å². The zero-order valence-corrected chi connectivity index (χ0v) is 14.0. The van der Waals surface area contributed by atoms with Crippen LogP contribution in [0.25, 0.3) is 33.9 Å². The number of H-pyrrole nitrogens is 1.